The first-order chi connectivity index (χ1) is 30.7. The van der Waals surface area contributed by atoms with Gasteiger partial charge in [0.15, 0.2) is 17.2 Å². The average Bonchev–Trinajstić information content (AvgIpc) is 3.20. The number of phenolic OH excluding ortho intramolecular Hbond substituents is 2. The maximum atomic E-state index is 13.5. The quantitative estimate of drug-likeness (QED) is 0.0240. The number of Topliss-reactive ketones (excluding diaryl/α,β-unsaturated/α-hetero) is 2. The number of phenols is 2. The fourth-order valence-electron chi connectivity index (χ4n) is 5.96. The maximum Gasteiger partial charge on any atom is 1.00 e. The Kier molecular flexibility index (Phi) is 25.0. The molecule has 0 amide bonds. The Labute approximate surface area is 527 Å². The summed E-state index contributed by atoms with van der Waals surface area (Å²) >= 11 is 12.0. The second kappa shape index (κ2) is 26.4. The zero-order valence-corrected chi connectivity index (χ0v) is 51.2. The molecule has 2 aliphatic rings. The topological polar surface area (TPSA) is 404 Å². The number of aromatic hydroxyl groups is 2. The Hall–Kier alpha value is -1.89. The molecule has 2 aliphatic carbocycles. The number of nitrogens with zero attached hydrogens (tertiary/aromatic N) is 5. The molecule has 2 radical (unpaired) electrons. The summed E-state index contributed by atoms with van der Waals surface area (Å²) in [5, 5.41) is 32.4. The number of benzene rings is 4. The van der Waals surface area contributed by atoms with Gasteiger partial charge in [0.1, 0.15) is 21.2 Å². The van der Waals surface area contributed by atoms with Gasteiger partial charge in [0.2, 0.25) is 28.7 Å². The van der Waals surface area contributed by atoms with Crippen LogP contribution in [0.3, 0.4) is 0 Å². The number of anilines is 6. The predicted molar refractivity (Wildman–Crippen MR) is 235 cm³/mol. The first-order valence-corrected chi connectivity index (χ1v) is 23.9. The van der Waals surface area contributed by atoms with E-state index in [0.717, 1.165) is 30.4 Å². The number of aromatic nitrogens is 3. The van der Waals surface area contributed by atoms with Crippen LogP contribution in [-0.2, 0) is 74.6 Å². The number of hydrogen-bond donors (Lipinski definition) is 10. The van der Waals surface area contributed by atoms with Crippen LogP contribution in [0.2, 0.25) is 10.3 Å². The summed E-state index contributed by atoms with van der Waals surface area (Å²) in [5.41, 5.74) is 1.27. The van der Waals surface area contributed by atoms with Crippen LogP contribution in [0.5, 0.6) is 11.5 Å². The Bertz CT molecular complexity index is 3620. The van der Waals surface area contributed by atoms with Crippen LogP contribution in [0.4, 0.5) is 34.6 Å². The van der Waals surface area contributed by atoms with Gasteiger partial charge in [-0.15, -0.1) is 0 Å². The summed E-state index contributed by atoms with van der Waals surface area (Å²) in [4.78, 5) is 35.7. The molecule has 0 fully saturated rings. The molecule has 37 heteroatoms. The number of hydrogen-bond acceptors (Lipinski definition) is 21. The van der Waals surface area contributed by atoms with Crippen molar-refractivity contribution in [3.8, 4) is 11.5 Å². The molecule has 0 saturated heterocycles. The molecule has 364 valence electrons. The zero-order chi connectivity index (χ0) is 48.3. The molecule has 0 atom stereocenters. The molecule has 0 unspecified atom stereocenters. The smallest absolute Gasteiger partial charge is 0.506 e. The molecule has 0 bridgehead atoms. The van der Waals surface area contributed by atoms with Gasteiger partial charge >= 0.3 is 118 Å². The molecule has 1 aromatic heterocycles. The monoisotopic (exact) mass is 1240 g/mol. The predicted octanol–water partition coefficient (Wildman–Crippen LogP) is -7.63. The molecule has 72 heavy (non-hydrogen) atoms. The van der Waals surface area contributed by atoms with E-state index in [1.54, 1.807) is 0 Å². The van der Waals surface area contributed by atoms with Crippen molar-refractivity contribution in [1.29, 1.82) is 0 Å². The molecule has 5 aromatic rings. The van der Waals surface area contributed by atoms with E-state index in [4.69, 9.17) is 23.2 Å². The largest absolute Gasteiger partial charge is 1.00 e. The van der Waals surface area contributed by atoms with E-state index in [1.807, 2.05) is 0 Å². The third-order valence-corrected chi connectivity index (χ3v) is 12.8. The molecule has 25 nitrogen and oxygen atoms in total. The van der Waals surface area contributed by atoms with Crippen molar-refractivity contribution < 1.29 is 224 Å². The summed E-state index contributed by atoms with van der Waals surface area (Å²) in [6.07, 6.45) is 1.76. The normalized spacial score (nSPS) is 14.1. The molecular weight excluding hydrogens is 1220 g/mol. The van der Waals surface area contributed by atoms with Crippen LogP contribution < -0.4 is 140 Å². The summed E-state index contributed by atoms with van der Waals surface area (Å²) in [5.74, 6) is -3.98. The van der Waals surface area contributed by atoms with Crippen molar-refractivity contribution in [2.75, 3.05) is 21.5 Å². The van der Waals surface area contributed by atoms with Gasteiger partial charge in [0, 0.05) is 56.6 Å². The number of fused-ring (bicyclic) bond motifs is 2. The van der Waals surface area contributed by atoms with Gasteiger partial charge < -0.3 is 20.8 Å². The van der Waals surface area contributed by atoms with Crippen LogP contribution in [0.15, 0.2) is 96.5 Å². The number of allylic oxidation sites excluding steroid dienone is 2. The van der Waals surface area contributed by atoms with Gasteiger partial charge in [0.25, 0.3) is 40.5 Å². The summed E-state index contributed by atoms with van der Waals surface area (Å²) in [6, 6.07) is 11.5. The number of hydrazone groups is 2. The Balaban J connectivity index is 0.00000432. The van der Waals surface area contributed by atoms with Gasteiger partial charge in [-0.05, 0) is 102 Å². The second-order valence-electron chi connectivity index (χ2n) is 13.3. The number of carbonyl (C=O) groups excluding carboxylic acids is 2. The van der Waals surface area contributed by atoms with E-state index >= 15 is 0 Å². The third-order valence-electron chi connectivity index (χ3n) is 8.92. The molecule has 0 aliphatic heterocycles. The van der Waals surface area contributed by atoms with Gasteiger partial charge in [0.05, 0.1) is 20.5 Å². The fraction of sp³-hybridized carbons (Fsp3) is 0. The fourth-order valence-corrected chi connectivity index (χ4v) is 8.76. The van der Waals surface area contributed by atoms with E-state index in [9.17, 15) is 71.7 Å². The first kappa shape index (κ1) is 68.1. The standard InChI is InChI=1S/C35H23Cl2N9O16S4.2Cu.4Na/c36-22-11-19(64(54,55)56)13-24(32(22)50)44-46-29-27(66(60,61)62)10-15-8-17(2-5-21(15)31(29)49)39-35-41-33(37)40-34(42-35)38-16-1-4-20-14(7-16)9-26(65(57,58)59)28(30(20)48)45-43-23-12-18(63(51,52)53)3-6-25(23)47;;;;;;/h1-13,43-44,47,50H,(H,51,52,53)(H,54,55,56)(H,57,58,59)(H,60,61,62)(H2,38,39,40,41,42);;;;;;/q;;;4*+1. The number of carbonyl (C=O) groups is 2. The third kappa shape index (κ3) is 15.9. The van der Waals surface area contributed by atoms with Crippen LogP contribution in [0, 0.1) is 0 Å². The molecular formula is C35H23Cl2Cu2N9Na4O16S4+4. The van der Waals surface area contributed by atoms with Crippen molar-refractivity contribution in [3.63, 3.8) is 0 Å². The van der Waals surface area contributed by atoms with Gasteiger partial charge in [-0.2, -0.15) is 58.8 Å². The van der Waals surface area contributed by atoms with Crippen LogP contribution in [0.25, 0.3) is 12.2 Å². The first-order valence-electron chi connectivity index (χ1n) is 17.4. The molecule has 0 spiro atoms. The molecule has 0 saturated carbocycles. The Morgan fingerprint density at radius 2 is 0.931 bits per heavy atom. The summed E-state index contributed by atoms with van der Waals surface area (Å²) < 4.78 is 135. The van der Waals surface area contributed by atoms with E-state index in [2.05, 4.69) is 46.6 Å². The summed E-state index contributed by atoms with van der Waals surface area (Å²) in [7, 11) is -20.0. The second-order valence-corrected chi connectivity index (χ2v) is 19.7. The van der Waals surface area contributed by atoms with Crippen molar-refractivity contribution in [3.05, 3.63) is 109 Å². The van der Waals surface area contributed by atoms with Crippen molar-refractivity contribution >= 4 is 133 Å². The van der Waals surface area contributed by atoms with Crippen molar-refractivity contribution in [2.45, 2.75) is 9.79 Å². The van der Waals surface area contributed by atoms with Gasteiger partial charge in [-0.25, -0.2) is 0 Å². The minimum atomic E-state index is -5.20. The number of nitrogens with one attached hydrogen (secondary N) is 4. The van der Waals surface area contributed by atoms with Gasteiger partial charge in [-0.1, -0.05) is 11.6 Å². The molecule has 1 heterocycles. The molecule has 10 N–H and O–H groups in total. The van der Waals surface area contributed by atoms with E-state index in [0.29, 0.717) is 12.1 Å². The van der Waals surface area contributed by atoms with Crippen molar-refractivity contribution in [2.24, 2.45) is 10.2 Å². The minimum Gasteiger partial charge on any atom is -0.506 e. The SMILES string of the molecule is O=C1C(=NNc2cc(S(=O)(=O)O)ccc2O)C(S(=O)(=O)O)=Cc2cc(Nc3nc(Cl)nc(Nc4ccc5c(c4)C=C(S(=O)(=O)O)C(=NNc4cc(S(=O)(=O)O)cc(Cl)c4O)C5=O)n3)ccc21.[Cu].[Cu].[Na+].[Na+].[Na+].[Na+]. The maximum absolute atomic E-state index is 13.5. The summed E-state index contributed by atoms with van der Waals surface area (Å²) in [6.45, 7) is 0. The molecule has 4 aromatic carbocycles. The van der Waals surface area contributed by atoms with Crippen LogP contribution in [0.1, 0.15) is 31.8 Å². The zero-order valence-electron chi connectivity index (χ0n) is 36.5. The number of ketones is 2. The van der Waals surface area contributed by atoms with Crippen LogP contribution >= 0.6 is 23.2 Å². The van der Waals surface area contributed by atoms with Gasteiger partial charge in [-0.3, -0.25) is 38.7 Å². The minimum absolute atomic E-state index is 0. The molecule has 7 rings (SSSR count). The van der Waals surface area contributed by atoms with Crippen molar-refractivity contribution in [1.82, 2.24) is 15.0 Å². The van der Waals surface area contributed by atoms with E-state index < -0.39 is 111 Å². The Morgan fingerprint density at radius 1 is 0.514 bits per heavy atom. The van der Waals surface area contributed by atoms with E-state index in [-0.39, 0.29) is 203 Å². The van der Waals surface area contributed by atoms with E-state index in [1.165, 1.54) is 36.4 Å². The number of halogens is 2. The number of rotatable bonds is 12. The Morgan fingerprint density at radius 3 is 1.35 bits per heavy atom. The average molecular weight is 1240 g/mol. The van der Waals surface area contributed by atoms with Crippen LogP contribution in [-0.4, -0.2) is 100 Å².